The van der Waals surface area contributed by atoms with Gasteiger partial charge in [-0.05, 0) is 37.5 Å². The minimum atomic E-state index is -0.222. The number of nitrogens with one attached hydrogen (secondary N) is 1. The fourth-order valence-corrected chi connectivity index (χ4v) is 2.27. The molecule has 0 spiro atoms. The zero-order valence-corrected chi connectivity index (χ0v) is 12.8. The fraction of sp³-hybridized carbons (Fsp3) is 0.222. The van der Waals surface area contributed by atoms with Crippen LogP contribution in [0.5, 0.6) is 0 Å². The molecule has 0 unspecified atom stereocenters. The molecule has 0 bridgehead atoms. The Kier molecular flexibility index (Phi) is 5.31. The Morgan fingerprint density at radius 2 is 1.73 bits per heavy atom. The smallest absolute Gasteiger partial charge is 0.260 e. The van der Waals surface area contributed by atoms with E-state index in [-0.39, 0.29) is 11.9 Å². The van der Waals surface area contributed by atoms with E-state index in [4.69, 9.17) is 11.1 Å². The number of hydrogen-bond donors (Lipinski definition) is 2. The Morgan fingerprint density at radius 1 is 1.09 bits per heavy atom. The molecule has 2 aromatic carbocycles. The molecular weight excluding hydrogens is 274 g/mol. The molecule has 0 radical (unpaired) electrons. The average Bonchev–Trinajstić information content (AvgIpc) is 2.52. The summed E-state index contributed by atoms with van der Waals surface area (Å²) in [6.07, 6.45) is 1.62. The maximum atomic E-state index is 12.4. The Hall–Kier alpha value is -2.62. The molecule has 0 heterocycles. The lowest BCUT2D eigenvalue weighted by molar-refractivity contribution is 0.0843. The molecule has 0 saturated heterocycles. The van der Waals surface area contributed by atoms with Crippen LogP contribution in [0.25, 0.3) is 0 Å². The molecule has 2 rings (SSSR count). The topological polar surface area (TPSA) is 70.2 Å². The van der Waals surface area contributed by atoms with Gasteiger partial charge in [-0.15, -0.1) is 0 Å². The molecule has 0 aliphatic rings. The van der Waals surface area contributed by atoms with E-state index in [1.165, 1.54) is 10.5 Å². The highest BCUT2D eigenvalue weighted by Crippen LogP contribution is 2.09. The van der Waals surface area contributed by atoms with E-state index in [1.54, 1.807) is 12.1 Å². The van der Waals surface area contributed by atoms with Crippen LogP contribution in [0.15, 0.2) is 54.6 Å². The van der Waals surface area contributed by atoms with Gasteiger partial charge in [0, 0.05) is 12.1 Å². The summed E-state index contributed by atoms with van der Waals surface area (Å²) < 4.78 is 0. The summed E-state index contributed by atoms with van der Waals surface area (Å²) in [6.45, 7) is 2.41. The number of aryl methyl sites for hydroxylation is 2. The Balaban J connectivity index is 1.99. The van der Waals surface area contributed by atoms with Crippen molar-refractivity contribution in [3.63, 3.8) is 0 Å². The van der Waals surface area contributed by atoms with Crippen LogP contribution in [0.2, 0.25) is 0 Å². The zero-order valence-electron chi connectivity index (χ0n) is 12.8. The van der Waals surface area contributed by atoms with Gasteiger partial charge in [-0.2, -0.15) is 0 Å². The van der Waals surface area contributed by atoms with Gasteiger partial charge in [0.15, 0.2) is 5.96 Å². The van der Waals surface area contributed by atoms with E-state index in [0.29, 0.717) is 12.1 Å². The second kappa shape index (κ2) is 7.41. The quantitative estimate of drug-likeness (QED) is 0.657. The SMILES string of the molecule is Cc1ccc(C(=O)N(CCCc2ccccc2)C(=N)N)cc1. The highest BCUT2D eigenvalue weighted by Gasteiger charge is 2.17. The van der Waals surface area contributed by atoms with Crippen LogP contribution < -0.4 is 5.73 Å². The number of rotatable bonds is 5. The minimum absolute atomic E-state index is 0.210. The first kappa shape index (κ1) is 15.8. The number of carbonyl (C=O) groups excluding carboxylic acids is 1. The van der Waals surface area contributed by atoms with Gasteiger partial charge in [0.1, 0.15) is 0 Å². The molecule has 3 N–H and O–H groups in total. The first-order valence-electron chi connectivity index (χ1n) is 7.34. The third kappa shape index (κ3) is 4.19. The molecule has 1 amide bonds. The van der Waals surface area contributed by atoms with Gasteiger partial charge >= 0.3 is 0 Å². The van der Waals surface area contributed by atoms with Crippen LogP contribution in [0.1, 0.15) is 27.9 Å². The van der Waals surface area contributed by atoms with E-state index in [2.05, 4.69) is 12.1 Å². The van der Waals surface area contributed by atoms with Crippen LogP contribution >= 0.6 is 0 Å². The van der Waals surface area contributed by atoms with Crippen molar-refractivity contribution in [1.82, 2.24) is 4.90 Å². The van der Waals surface area contributed by atoms with E-state index >= 15 is 0 Å². The number of guanidine groups is 1. The van der Waals surface area contributed by atoms with E-state index in [0.717, 1.165) is 18.4 Å². The van der Waals surface area contributed by atoms with Crippen LogP contribution in [0.3, 0.4) is 0 Å². The lowest BCUT2D eigenvalue weighted by Gasteiger charge is -2.20. The second-order valence-electron chi connectivity index (χ2n) is 5.30. The van der Waals surface area contributed by atoms with Crippen molar-refractivity contribution in [2.75, 3.05) is 6.54 Å². The molecular formula is C18H21N3O. The van der Waals surface area contributed by atoms with Gasteiger partial charge in [0.05, 0.1) is 0 Å². The lowest BCUT2D eigenvalue weighted by atomic mass is 10.1. The number of nitrogens with zero attached hydrogens (tertiary/aromatic N) is 1. The largest absolute Gasteiger partial charge is 0.370 e. The van der Waals surface area contributed by atoms with Crippen molar-refractivity contribution < 1.29 is 4.79 Å². The molecule has 0 saturated carbocycles. The standard InChI is InChI=1S/C18H21N3O/c1-14-9-11-16(12-10-14)17(22)21(18(19)20)13-5-8-15-6-3-2-4-7-15/h2-4,6-7,9-12H,5,8,13H2,1H3,(H3,19,20). The summed E-state index contributed by atoms with van der Waals surface area (Å²) in [4.78, 5) is 13.8. The van der Waals surface area contributed by atoms with E-state index in [1.807, 2.05) is 37.3 Å². The number of carbonyl (C=O) groups is 1. The summed E-state index contributed by atoms with van der Waals surface area (Å²) in [6, 6.07) is 17.4. The molecule has 114 valence electrons. The summed E-state index contributed by atoms with van der Waals surface area (Å²) in [5.74, 6) is -0.431. The third-order valence-corrected chi connectivity index (χ3v) is 3.52. The molecule has 0 atom stereocenters. The van der Waals surface area contributed by atoms with Gasteiger partial charge in [-0.1, -0.05) is 48.0 Å². The summed E-state index contributed by atoms with van der Waals surface area (Å²) >= 11 is 0. The Morgan fingerprint density at radius 3 is 2.32 bits per heavy atom. The zero-order chi connectivity index (χ0) is 15.9. The lowest BCUT2D eigenvalue weighted by Crippen LogP contribution is -2.42. The number of benzene rings is 2. The molecule has 0 fully saturated rings. The molecule has 0 aliphatic heterocycles. The second-order valence-corrected chi connectivity index (χ2v) is 5.30. The van der Waals surface area contributed by atoms with E-state index in [9.17, 15) is 4.79 Å². The molecule has 0 aliphatic carbocycles. The summed E-state index contributed by atoms with van der Waals surface area (Å²) in [7, 11) is 0. The molecule has 4 heteroatoms. The molecule has 0 aromatic heterocycles. The van der Waals surface area contributed by atoms with Crippen LogP contribution in [-0.4, -0.2) is 23.3 Å². The van der Waals surface area contributed by atoms with Gasteiger partial charge in [0.25, 0.3) is 5.91 Å². The highest BCUT2D eigenvalue weighted by atomic mass is 16.2. The van der Waals surface area contributed by atoms with Crippen LogP contribution in [0.4, 0.5) is 0 Å². The maximum Gasteiger partial charge on any atom is 0.260 e. The van der Waals surface area contributed by atoms with Gasteiger partial charge < -0.3 is 5.73 Å². The number of hydrogen-bond acceptors (Lipinski definition) is 2. The van der Waals surface area contributed by atoms with Crippen LogP contribution in [-0.2, 0) is 6.42 Å². The van der Waals surface area contributed by atoms with E-state index < -0.39 is 0 Å². The Labute approximate surface area is 131 Å². The van der Waals surface area contributed by atoms with Gasteiger partial charge in [-0.25, -0.2) is 0 Å². The average molecular weight is 295 g/mol. The first-order chi connectivity index (χ1) is 10.6. The van der Waals surface area contributed by atoms with Crippen molar-refractivity contribution in [2.24, 2.45) is 5.73 Å². The third-order valence-electron chi connectivity index (χ3n) is 3.52. The van der Waals surface area contributed by atoms with Crippen LogP contribution in [0, 0.1) is 12.3 Å². The van der Waals surface area contributed by atoms with Crippen molar-refractivity contribution in [2.45, 2.75) is 19.8 Å². The maximum absolute atomic E-state index is 12.4. The van der Waals surface area contributed by atoms with Crippen molar-refractivity contribution in [3.8, 4) is 0 Å². The van der Waals surface area contributed by atoms with Crippen molar-refractivity contribution in [3.05, 3.63) is 71.3 Å². The molecule has 4 nitrogen and oxygen atoms in total. The molecule has 2 aromatic rings. The van der Waals surface area contributed by atoms with Crippen molar-refractivity contribution in [1.29, 1.82) is 5.41 Å². The van der Waals surface area contributed by atoms with Crippen molar-refractivity contribution >= 4 is 11.9 Å². The Bertz CT molecular complexity index is 635. The highest BCUT2D eigenvalue weighted by molar-refractivity contribution is 6.04. The normalized spacial score (nSPS) is 10.2. The number of nitrogens with two attached hydrogens (primary N) is 1. The van der Waals surface area contributed by atoms with Gasteiger partial charge in [-0.3, -0.25) is 15.1 Å². The predicted octanol–water partition coefficient (Wildman–Crippen LogP) is 2.96. The fourth-order valence-electron chi connectivity index (χ4n) is 2.27. The minimum Gasteiger partial charge on any atom is -0.370 e. The summed E-state index contributed by atoms with van der Waals surface area (Å²) in [5.41, 5.74) is 8.44. The van der Waals surface area contributed by atoms with Gasteiger partial charge in [0.2, 0.25) is 0 Å². The monoisotopic (exact) mass is 295 g/mol. The number of amides is 1. The summed E-state index contributed by atoms with van der Waals surface area (Å²) in [5, 5.41) is 7.64. The predicted molar refractivity (Wildman–Crippen MR) is 88.9 cm³/mol. The first-order valence-corrected chi connectivity index (χ1v) is 7.34. The molecule has 22 heavy (non-hydrogen) atoms.